The second-order valence-corrected chi connectivity index (χ2v) is 6.46. The van der Waals surface area contributed by atoms with Gasteiger partial charge in [0.1, 0.15) is 0 Å². The Labute approximate surface area is 150 Å². The summed E-state index contributed by atoms with van der Waals surface area (Å²) in [4.78, 5) is 20.1. The number of hydrogen-bond acceptors (Lipinski definition) is 3. The van der Waals surface area contributed by atoms with Crippen molar-refractivity contribution in [2.75, 3.05) is 32.6 Å². The van der Waals surface area contributed by atoms with Crippen LogP contribution < -0.4 is 10.2 Å². The van der Waals surface area contributed by atoms with Gasteiger partial charge in [0, 0.05) is 45.8 Å². The molecular weight excluding hydrogens is 312 g/mol. The van der Waals surface area contributed by atoms with Crippen LogP contribution in [0.1, 0.15) is 30.5 Å². The Hall–Kier alpha value is -2.56. The number of aromatic nitrogens is 1. The number of anilines is 1. The van der Waals surface area contributed by atoms with Crippen LogP contribution in [-0.4, -0.2) is 43.6 Å². The first-order chi connectivity index (χ1) is 12.0. The van der Waals surface area contributed by atoms with Gasteiger partial charge in [0.25, 0.3) is 0 Å². The van der Waals surface area contributed by atoms with E-state index >= 15 is 0 Å². The highest BCUT2D eigenvalue weighted by Gasteiger charge is 2.16. The molecule has 134 valence electrons. The monoisotopic (exact) mass is 340 g/mol. The minimum absolute atomic E-state index is 0.0153. The van der Waals surface area contributed by atoms with E-state index in [0.29, 0.717) is 6.54 Å². The molecule has 0 aliphatic carbocycles. The molecule has 0 aliphatic heterocycles. The average Bonchev–Trinajstić information content (AvgIpc) is 2.65. The number of nitrogens with zero attached hydrogens (tertiary/aromatic N) is 3. The lowest BCUT2D eigenvalue weighted by molar-refractivity contribution is 0.194. The van der Waals surface area contributed by atoms with Gasteiger partial charge in [-0.3, -0.25) is 4.98 Å². The number of benzene rings is 1. The van der Waals surface area contributed by atoms with Gasteiger partial charge < -0.3 is 15.1 Å². The first kappa shape index (κ1) is 18.8. The SMILES string of the molecule is CC(c1ccncc1)N(C)C(=O)NCCCc1ccc(N(C)C)cc1. The van der Waals surface area contributed by atoms with Gasteiger partial charge in [0.05, 0.1) is 6.04 Å². The van der Waals surface area contributed by atoms with E-state index in [4.69, 9.17) is 0 Å². The fourth-order valence-electron chi connectivity index (χ4n) is 2.61. The van der Waals surface area contributed by atoms with Gasteiger partial charge in [-0.2, -0.15) is 0 Å². The number of hydrogen-bond donors (Lipinski definition) is 1. The summed E-state index contributed by atoms with van der Waals surface area (Å²) in [6, 6.07) is 12.4. The molecule has 1 heterocycles. The van der Waals surface area contributed by atoms with Crippen molar-refractivity contribution in [1.29, 1.82) is 0 Å². The Morgan fingerprint density at radius 1 is 1.08 bits per heavy atom. The van der Waals surface area contributed by atoms with Crippen LogP contribution in [0.4, 0.5) is 10.5 Å². The summed E-state index contributed by atoms with van der Waals surface area (Å²) in [5, 5.41) is 3.00. The first-order valence-electron chi connectivity index (χ1n) is 8.66. The Morgan fingerprint density at radius 2 is 1.72 bits per heavy atom. The van der Waals surface area contributed by atoms with Crippen LogP contribution in [0.2, 0.25) is 0 Å². The van der Waals surface area contributed by atoms with Crippen molar-refractivity contribution in [2.45, 2.75) is 25.8 Å². The molecule has 0 bridgehead atoms. The van der Waals surface area contributed by atoms with Crippen LogP contribution in [0, 0.1) is 0 Å². The predicted octanol–water partition coefficient (Wildman–Crippen LogP) is 3.48. The highest BCUT2D eigenvalue weighted by Crippen LogP contribution is 2.17. The number of carbonyl (C=O) groups excluding carboxylic acids is 1. The predicted molar refractivity (Wildman–Crippen MR) is 103 cm³/mol. The molecule has 0 spiro atoms. The van der Waals surface area contributed by atoms with Gasteiger partial charge in [-0.05, 0) is 55.2 Å². The van der Waals surface area contributed by atoms with Gasteiger partial charge in [-0.1, -0.05) is 12.1 Å². The van der Waals surface area contributed by atoms with E-state index < -0.39 is 0 Å². The van der Waals surface area contributed by atoms with E-state index in [9.17, 15) is 4.79 Å². The molecule has 2 amide bonds. The topological polar surface area (TPSA) is 48.5 Å². The van der Waals surface area contributed by atoms with Gasteiger partial charge in [0.2, 0.25) is 0 Å². The molecule has 1 N–H and O–H groups in total. The third kappa shape index (κ3) is 5.48. The number of urea groups is 1. The molecule has 2 rings (SSSR count). The van der Waals surface area contributed by atoms with Gasteiger partial charge in [0.15, 0.2) is 0 Å². The minimum Gasteiger partial charge on any atom is -0.378 e. The van der Waals surface area contributed by atoms with Crippen molar-refractivity contribution in [1.82, 2.24) is 15.2 Å². The number of amides is 2. The molecular formula is C20H28N4O. The smallest absolute Gasteiger partial charge is 0.317 e. The van der Waals surface area contributed by atoms with Gasteiger partial charge in [-0.25, -0.2) is 4.79 Å². The van der Waals surface area contributed by atoms with E-state index in [1.165, 1.54) is 11.3 Å². The van der Waals surface area contributed by atoms with Crippen molar-refractivity contribution in [3.8, 4) is 0 Å². The van der Waals surface area contributed by atoms with Crippen molar-refractivity contribution in [3.63, 3.8) is 0 Å². The third-order valence-corrected chi connectivity index (χ3v) is 4.46. The lowest BCUT2D eigenvalue weighted by atomic mass is 10.1. The van der Waals surface area contributed by atoms with E-state index in [-0.39, 0.29) is 12.1 Å². The molecule has 0 radical (unpaired) electrons. The average molecular weight is 340 g/mol. The van der Waals surface area contributed by atoms with Crippen LogP contribution in [-0.2, 0) is 6.42 Å². The zero-order chi connectivity index (χ0) is 18.2. The molecule has 0 saturated heterocycles. The van der Waals surface area contributed by atoms with Crippen molar-refractivity contribution in [3.05, 3.63) is 59.9 Å². The molecule has 1 aromatic carbocycles. The maximum atomic E-state index is 12.3. The number of rotatable bonds is 7. The number of pyridine rings is 1. The van der Waals surface area contributed by atoms with Crippen LogP contribution in [0.15, 0.2) is 48.8 Å². The quantitative estimate of drug-likeness (QED) is 0.785. The van der Waals surface area contributed by atoms with Crippen LogP contribution in [0.25, 0.3) is 0 Å². The normalized spacial score (nSPS) is 11.7. The molecule has 5 heteroatoms. The van der Waals surface area contributed by atoms with Crippen molar-refractivity contribution in [2.24, 2.45) is 0 Å². The highest BCUT2D eigenvalue weighted by atomic mass is 16.2. The molecule has 1 unspecified atom stereocenters. The fourth-order valence-corrected chi connectivity index (χ4v) is 2.61. The molecule has 5 nitrogen and oxygen atoms in total. The van der Waals surface area contributed by atoms with Gasteiger partial charge >= 0.3 is 6.03 Å². The van der Waals surface area contributed by atoms with Crippen LogP contribution >= 0.6 is 0 Å². The van der Waals surface area contributed by atoms with E-state index in [0.717, 1.165) is 18.4 Å². The highest BCUT2D eigenvalue weighted by molar-refractivity contribution is 5.74. The summed E-state index contributed by atoms with van der Waals surface area (Å²) < 4.78 is 0. The fraction of sp³-hybridized carbons (Fsp3) is 0.400. The largest absolute Gasteiger partial charge is 0.378 e. The first-order valence-corrected chi connectivity index (χ1v) is 8.66. The van der Waals surface area contributed by atoms with E-state index in [1.54, 1.807) is 17.3 Å². The minimum atomic E-state index is -0.0488. The lowest BCUT2D eigenvalue weighted by Crippen LogP contribution is -2.39. The molecule has 0 aliphatic rings. The molecule has 0 fully saturated rings. The molecule has 1 atom stereocenters. The third-order valence-electron chi connectivity index (χ3n) is 4.46. The second kappa shape index (κ2) is 9.06. The standard InChI is InChI=1S/C20H28N4O/c1-16(18-11-14-21-15-12-18)24(4)20(25)22-13-5-6-17-7-9-19(10-8-17)23(2)3/h7-12,14-16H,5-6,13H2,1-4H3,(H,22,25). The summed E-state index contributed by atoms with van der Waals surface area (Å²) in [5.41, 5.74) is 3.57. The second-order valence-electron chi connectivity index (χ2n) is 6.46. The molecule has 1 aromatic heterocycles. The number of nitrogens with one attached hydrogen (secondary N) is 1. The van der Waals surface area contributed by atoms with Gasteiger partial charge in [-0.15, -0.1) is 0 Å². The summed E-state index contributed by atoms with van der Waals surface area (Å²) in [6.45, 7) is 2.68. The Morgan fingerprint density at radius 3 is 2.32 bits per heavy atom. The van der Waals surface area contributed by atoms with Crippen LogP contribution in [0.5, 0.6) is 0 Å². The summed E-state index contributed by atoms with van der Waals surface area (Å²) in [5.74, 6) is 0. The number of aryl methyl sites for hydroxylation is 1. The Kier molecular flexibility index (Phi) is 6.81. The summed E-state index contributed by atoms with van der Waals surface area (Å²) in [6.07, 6.45) is 5.38. The lowest BCUT2D eigenvalue weighted by Gasteiger charge is -2.25. The Bertz CT molecular complexity index is 655. The van der Waals surface area contributed by atoms with E-state index in [1.807, 2.05) is 40.2 Å². The summed E-state index contributed by atoms with van der Waals surface area (Å²) >= 11 is 0. The van der Waals surface area contributed by atoms with Crippen molar-refractivity contribution >= 4 is 11.7 Å². The Balaban J connectivity index is 1.74. The molecule has 25 heavy (non-hydrogen) atoms. The summed E-state index contributed by atoms with van der Waals surface area (Å²) in [7, 11) is 5.89. The zero-order valence-corrected chi connectivity index (χ0v) is 15.6. The van der Waals surface area contributed by atoms with Crippen LogP contribution in [0.3, 0.4) is 0 Å². The van der Waals surface area contributed by atoms with E-state index in [2.05, 4.69) is 39.5 Å². The zero-order valence-electron chi connectivity index (χ0n) is 15.6. The maximum Gasteiger partial charge on any atom is 0.317 e. The van der Waals surface area contributed by atoms with Crippen molar-refractivity contribution < 1.29 is 4.79 Å². The molecule has 0 saturated carbocycles. The maximum absolute atomic E-state index is 12.3. The molecule has 2 aromatic rings. The number of carbonyl (C=O) groups is 1.